The number of rotatable bonds is 7. The minimum atomic E-state index is 0.379. The van der Waals surface area contributed by atoms with E-state index in [1.54, 1.807) is 0 Å². The van der Waals surface area contributed by atoms with Gasteiger partial charge in [-0.2, -0.15) is 0 Å². The number of guanidine groups is 1. The molecule has 0 spiro atoms. The molecular formula is C18H30N4O. The molecule has 1 aliphatic heterocycles. The van der Waals surface area contributed by atoms with Crippen molar-refractivity contribution in [3.05, 3.63) is 35.4 Å². The lowest BCUT2D eigenvalue weighted by molar-refractivity contribution is 0.0376. The van der Waals surface area contributed by atoms with Gasteiger partial charge in [0.25, 0.3) is 0 Å². The molecule has 1 unspecified atom stereocenters. The van der Waals surface area contributed by atoms with Crippen LogP contribution in [0.5, 0.6) is 0 Å². The first-order valence-electron chi connectivity index (χ1n) is 8.55. The van der Waals surface area contributed by atoms with Crippen molar-refractivity contribution in [2.75, 3.05) is 45.9 Å². The molecular weight excluding hydrogens is 288 g/mol. The largest absolute Gasteiger partial charge is 0.379 e. The Morgan fingerprint density at radius 1 is 1.30 bits per heavy atom. The maximum absolute atomic E-state index is 5.95. The highest BCUT2D eigenvalue weighted by molar-refractivity contribution is 5.77. The SMILES string of the molecule is Cc1ccc(C(C)CN=C(N)NCCCN2CCOCC2)cc1. The Balaban J connectivity index is 1.63. The van der Waals surface area contributed by atoms with Crippen molar-refractivity contribution in [1.82, 2.24) is 10.2 Å². The molecule has 0 aromatic heterocycles. The Bertz CT molecular complexity index is 480. The van der Waals surface area contributed by atoms with Crippen molar-refractivity contribution in [1.29, 1.82) is 0 Å². The predicted octanol–water partition coefficient (Wildman–Crippen LogP) is 1.73. The van der Waals surface area contributed by atoms with Crippen LogP contribution >= 0.6 is 0 Å². The van der Waals surface area contributed by atoms with Gasteiger partial charge in [-0.1, -0.05) is 36.8 Å². The van der Waals surface area contributed by atoms with E-state index in [-0.39, 0.29) is 0 Å². The Labute approximate surface area is 139 Å². The second-order valence-electron chi connectivity index (χ2n) is 6.27. The van der Waals surface area contributed by atoms with Crippen LogP contribution in [0, 0.1) is 6.92 Å². The average Bonchev–Trinajstić information content (AvgIpc) is 2.58. The zero-order chi connectivity index (χ0) is 16.5. The smallest absolute Gasteiger partial charge is 0.188 e. The van der Waals surface area contributed by atoms with Crippen LogP contribution in [0.1, 0.15) is 30.4 Å². The van der Waals surface area contributed by atoms with Crippen molar-refractivity contribution in [2.45, 2.75) is 26.2 Å². The van der Waals surface area contributed by atoms with Crippen molar-refractivity contribution < 1.29 is 4.74 Å². The van der Waals surface area contributed by atoms with Gasteiger partial charge in [0.1, 0.15) is 0 Å². The van der Waals surface area contributed by atoms with Crippen LogP contribution in [0.25, 0.3) is 0 Å². The Morgan fingerprint density at radius 2 is 2.00 bits per heavy atom. The lowest BCUT2D eigenvalue weighted by atomic mass is 10.0. The highest BCUT2D eigenvalue weighted by atomic mass is 16.5. The highest BCUT2D eigenvalue weighted by Gasteiger charge is 2.09. The summed E-state index contributed by atoms with van der Waals surface area (Å²) in [5, 5.41) is 3.21. The standard InChI is InChI=1S/C18H30N4O/c1-15-4-6-17(7-5-15)16(2)14-21-18(19)20-8-3-9-22-10-12-23-13-11-22/h4-7,16H,3,8-14H2,1-2H3,(H3,19,20,21). The van der Waals surface area contributed by atoms with Crippen molar-refractivity contribution >= 4 is 5.96 Å². The predicted molar refractivity (Wildman–Crippen MR) is 96.0 cm³/mol. The van der Waals surface area contributed by atoms with Crippen LogP contribution in [-0.2, 0) is 4.74 Å². The molecule has 1 aliphatic rings. The summed E-state index contributed by atoms with van der Waals surface area (Å²) in [5.74, 6) is 0.926. The summed E-state index contributed by atoms with van der Waals surface area (Å²) in [7, 11) is 0. The van der Waals surface area contributed by atoms with E-state index in [9.17, 15) is 0 Å². The van der Waals surface area contributed by atoms with E-state index in [1.165, 1.54) is 11.1 Å². The first-order valence-corrected chi connectivity index (χ1v) is 8.55. The molecule has 1 aromatic rings. The van der Waals surface area contributed by atoms with Gasteiger partial charge in [-0.3, -0.25) is 9.89 Å². The van der Waals surface area contributed by atoms with E-state index in [0.29, 0.717) is 18.4 Å². The first-order chi connectivity index (χ1) is 11.1. The van der Waals surface area contributed by atoms with Crippen LogP contribution in [0.15, 0.2) is 29.3 Å². The van der Waals surface area contributed by atoms with Crippen LogP contribution in [-0.4, -0.2) is 56.8 Å². The maximum Gasteiger partial charge on any atom is 0.188 e. The fourth-order valence-corrected chi connectivity index (χ4v) is 2.64. The minimum Gasteiger partial charge on any atom is -0.379 e. The summed E-state index contributed by atoms with van der Waals surface area (Å²) in [6.45, 7) is 10.7. The molecule has 0 amide bonds. The number of benzene rings is 1. The lowest BCUT2D eigenvalue weighted by Gasteiger charge is -2.26. The van der Waals surface area contributed by atoms with E-state index >= 15 is 0 Å². The normalized spacial score (nSPS) is 17.9. The molecule has 0 radical (unpaired) electrons. The van der Waals surface area contributed by atoms with Crippen molar-refractivity contribution in [3.63, 3.8) is 0 Å². The fourth-order valence-electron chi connectivity index (χ4n) is 2.64. The molecule has 1 saturated heterocycles. The number of morpholine rings is 1. The minimum absolute atomic E-state index is 0.379. The summed E-state index contributed by atoms with van der Waals surface area (Å²) < 4.78 is 5.35. The molecule has 5 heteroatoms. The van der Waals surface area contributed by atoms with Gasteiger partial charge in [-0.25, -0.2) is 0 Å². The summed E-state index contributed by atoms with van der Waals surface area (Å²) in [6, 6.07) is 8.62. The molecule has 0 aliphatic carbocycles. The molecule has 3 N–H and O–H groups in total. The number of ether oxygens (including phenoxy) is 1. The number of aryl methyl sites for hydroxylation is 1. The van der Waals surface area contributed by atoms with Gasteiger partial charge in [0.2, 0.25) is 0 Å². The second-order valence-corrected chi connectivity index (χ2v) is 6.27. The van der Waals surface area contributed by atoms with E-state index in [4.69, 9.17) is 10.5 Å². The lowest BCUT2D eigenvalue weighted by Crippen LogP contribution is -2.39. The van der Waals surface area contributed by atoms with Crippen molar-refractivity contribution in [3.8, 4) is 0 Å². The summed E-state index contributed by atoms with van der Waals surface area (Å²) >= 11 is 0. The van der Waals surface area contributed by atoms with Gasteiger partial charge < -0.3 is 15.8 Å². The zero-order valence-electron chi connectivity index (χ0n) is 14.4. The number of hydrogen-bond donors (Lipinski definition) is 2. The van der Waals surface area contributed by atoms with Crippen LogP contribution in [0.2, 0.25) is 0 Å². The molecule has 1 aromatic carbocycles. The van der Waals surface area contributed by atoms with Crippen LogP contribution in [0.3, 0.4) is 0 Å². The van der Waals surface area contributed by atoms with Gasteiger partial charge in [0.05, 0.1) is 13.2 Å². The van der Waals surface area contributed by atoms with Crippen LogP contribution < -0.4 is 11.1 Å². The van der Waals surface area contributed by atoms with E-state index < -0.39 is 0 Å². The van der Waals surface area contributed by atoms with Crippen LogP contribution in [0.4, 0.5) is 0 Å². The summed E-state index contributed by atoms with van der Waals surface area (Å²) in [6.07, 6.45) is 1.07. The fraction of sp³-hybridized carbons (Fsp3) is 0.611. The third kappa shape index (κ3) is 6.59. The van der Waals surface area contributed by atoms with E-state index in [1.807, 2.05) is 0 Å². The number of nitrogens with zero attached hydrogens (tertiary/aromatic N) is 2. The average molecular weight is 318 g/mol. The molecule has 23 heavy (non-hydrogen) atoms. The quantitative estimate of drug-likeness (QED) is 0.456. The molecule has 1 fully saturated rings. The zero-order valence-corrected chi connectivity index (χ0v) is 14.4. The Morgan fingerprint density at radius 3 is 2.70 bits per heavy atom. The number of nitrogens with two attached hydrogens (primary N) is 1. The molecule has 5 nitrogen and oxygen atoms in total. The van der Waals surface area contributed by atoms with Gasteiger partial charge in [-0.15, -0.1) is 0 Å². The summed E-state index contributed by atoms with van der Waals surface area (Å²) in [5.41, 5.74) is 8.54. The van der Waals surface area contributed by atoms with E-state index in [2.05, 4.69) is 53.3 Å². The number of nitrogens with one attached hydrogen (secondary N) is 1. The Kier molecular flexibility index (Phi) is 7.36. The van der Waals surface area contributed by atoms with Gasteiger partial charge in [-0.05, 0) is 25.5 Å². The molecule has 0 bridgehead atoms. The van der Waals surface area contributed by atoms with E-state index in [0.717, 1.165) is 45.8 Å². The first kappa shape index (κ1) is 17.8. The monoisotopic (exact) mass is 318 g/mol. The maximum atomic E-state index is 5.95. The van der Waals surface area contributed by atoms with Gasteiger partial charge in [0.15, 0.2) is 5.96 Å². The molecule has 128 valence electrons. The third-order valence-electron chi connectivity index (χ3n) is 4.24. The summed E-state index contributed by atoms with van der Waals surface area (Å²) in [4.78, 5) is 6.89. The Hall–Kier alpha value is -1.59. The van der Waals surface area contributed by atoms with Gasteiger partial charge in [0, 0.05) is 32.1 Å². The second kappa shape index (κ2) is 9.53. The van der Waals surface area contributed by atoms with Gasteiger partial charge >= 0.3 is 0 Å². The highest BCUT2D eigenvalue weighted by Crippen LogP contribution is 2.15. The topological polar surface area (TPSA) is 62.9 Å². The molecule has 1 heterocycles. The number of aliphatic imine (C=N–C) groups is 1. The third-order valence-corrected chi connectivity index (χ3v) is 4.24. The molecule has 1 atom stereocenters. The molecule has 0 saturated carbocycles. The number of hydrogen-bond acceptors (Lipinski definition) is 3. The molecule has 2 rings (SSSR count). The van der Waals surface area contributed by atoms with Crippen molar-refractivity contribution in [2.24, 2.45) is 10.7 Å².